The third-order valence-electron chi connectivity index (χ3n) is 3.68. The number of piperidine rings is 1. The number of hydrogen-bond donors (Lipinski definition) is 0. The van der Waals surface area contributed by atoms with Crippen LogP contribution in [0, 0.1) is 5.92 Å². The molecule has 0 unspecified atom stereocenters. The Labute approximate surface area is 138 Å². The monoisotopic (exact) mass is 339 g/mol. The summed E-state index contributed by atoms with van der Waals surface area (Å²) in [6.45, 7) is 7.78. The van der Waals surface area contributed by atoms with Gasteiger partial charge in [-0.15, -0.1) is 0 Å². The molecule has 0 atom stereocenters. The van der Waals surface area contributed by atoms with Crippen molar-refractivity contribution in [3.63, 3.8) is 0 Å². The average molecular weight is 340 g/mol. The summed E-state index contributed by atoms with van der Waals surface area (Å²) in [5.74, 6) is 0.396. The zero-order valence-corrected chi connectivity index (χ0v) is 15.8. The average Bonchev–Trinajstić information content (AvgIpc) is 2.62. The van der Waals surface area contributed by atoms with Gasteiger partial charge in [-0.05, 0) is 25.9 Å². The standard InChI is InChI=1S/C12H24N2O4S.C2H6.CH4/c1-4-19(16,17)10-9-14-7-5-11(6-8-14)12(15)13(2)18-3;1-2;/h11H,4-10H2,1-3H3;1-2H3;1H4/i;;1D. The van der Waals surface area contributed by atoms with Gasteiger partial charge in [-0.3, -0.25) is 9.63 Å². The molecule has 1 aliphatic heterocycles. The van der Waals surface area contributed by atoms with Crippen LogP contribution in [0.2, 0.25) is 0 Å². The lowest BCUT2D eigenvalue weighted by molar-refractivity contribution is -0.174. The molecule has 1 amide bonds. The largest absolute Gasteiger partial charge is 0.302 e. The first kappa shape index (κ1) is 21.3. The van der Waals surface area contributed by atoms with E-state index < -0.39 is 9.84 Å². The second-order valence-corrected chi connectivity index (χ2v) is 7.34. The summed E-state index contributed by atoms with van der Waals surface area (Å²) in [7, 11) is 1.44. The molecule has 0 bridgehead atoms. The van der Waals surface area contributed by atoms with Crippen LogP contribution in [-0.4, -0.2) is 69.6 Å². The van der Waals surface area contributed by atoms with E-state index >= 15 is 0 Å². The maximum absolute atomic E-state index is 11.9. The maximum atomic E-state index is 11.9. The molecule has 1 aliphatic rings. The summed E-state index contributed by atoms with van der Waals surface area (Å²) >= 11 is 0. The quantitative estimate of drug-likeness (QED) is 0.691. The van der Waals surface area contributed by atoms with Crippen molar-refractivity contribution >= 4 is 15.7 Å². The van der Waals surface area contributed by atoms with Crippen molar-refractivity contribution in [3.05, 3.63) is 0 Å². The molecule has 0 spiro atoms. The van der Waals surface area contributed by atoms with Gasteiger partial charge in [0.1, 0.15) is 0 Å². The van der Waals surface area contributed by atoms with E-state index in [2.05, 4.69) is 4.90 Å². The van der Waals surface area contributed by atoms with E-state index in [-0.39, 0.29) is 23.3 Å². The molecule has 0 aromatic heterocycles. The molecule has 0 aromatic carbocycles. The first-order chi connectivity index (χ1) is 10.9. The first-order valence-electron chi connectivity index (χ1n) is 8.64. The highest BCUT2D eigenvalue weighted by atomic mass is 32.2. The molecule has 6 nitrogen and oxygen atoms in total. The normalized spacial score (nSPS) is 16.5. The summed E-state index contributed by atoms with van der Waals surface area (Å²) in [5, 5.41) is 1.27. The van der Waals surface area contributed by atoms with Gasteiger partial charge in [0.25, 0.3) is 0 Å². The maximum Gasteiger partial charge on any atom is 0.249 e. The van der Waals surface area contributed by atoms with Gasteiger partial charge in [-0.2, -0.15) is 0 Å². The van der Waals surface area contributed by atoms with Gasteiger partial charge in [-0.25, -0.2) is 13.5 Å². The number of sulfone groups is 1. The van der Waals surface area contributed by atoms with Crippen LogP contribution in [0.25, 0.3) is 0 Å². The number of amides is 1. The third-order valence-corrected chi connectivity index (χ3v) is 5.36. The Bertz CT molecular complexity index is 396. The zero-order chi connectivity index (χ0) is 18.5. The molecule has 0 saturated carbocycles. The number of carbonyl (C=O) groups excluding carboxylic acids is 1. The fraction of sp³-hybridized carbons (Fsp3) is 0.933. The number of hydroxylamine groups is 2. The van der Waals surface area contributed by atoms with E-state index in [0.29, 0.717) is 6.54 Å². The van der Waals surface area contributed by atoms with E-state index in [1.165, 1.54) is 19.6 Å². The summed E-state index contributed by atoms with van der Waals surface area (Å²) in [5.41, 5.74) is 0. The highest BCUT2D eigenvalue weighted by Crippen LogP contribution is 2.19. The minimum absolute atomic E-state index is 0.00308. The molecular formula is C15H34N2O4S. The van der Waals surface area contributed by atoms with Crippen molar-refractivity contribution in [2.45, 2.75) is 41.0 Å². The Morgan fingerprint density at radius 3 is 2.27 bits per heavy atom. The molecule has 7 heteroatoms. The molecular weight excluding hydrogens is 304 g/mol. The van der Waals surface area contributed by atoms with Gasteiger partial charge in [0.05, 0.1) is 12.9 Å². The summed E-state index contributed by atoms with van der Waals surface area (Å²) < 4.78 is 28.6. The van der Waals surface area contributed by atoms with Crippen LogP contribution >= 0.6 is 0 Å². The van der Waals surface area contributed by atoms with Gasteiger partial charge in [0, 0.05) is 26.6 Å². The predicted molar refractivity (Wildman–Crippen MR) is 91.3 cm³/mol. The van der Waals surface area contributed by atoms with E-state index in [1.54, 1.807) is 14.0 Å². The van der Waals surface area contributed by atoms with Gasteiger partial charge in [0.2, 0.25) is 5.91 Å². The highest BCUT2D eigenvalue weighted by molar-refractivity contribution is 7.91. The van der Waals surface area contributed by atoms with Gasteiger partial charge in [0.15, 0.2) is 9.84 Å². The third kappa shape index (κ3) is 8.10. The lowest BCUT2D eigenvalue weighted by Crippen LogP contribution is -2.42. The Balaban J connectivity index is 0. The van der Waals surface area contributed by atoms with Crippen LogP contribution in [0.3, 0.4) is 0 Å². The minimum atomic E-state index is -2.90. The summed E-state index contributed by atoms with van der Waals surface area (Å²) in [6.07, 6.45) is 1.53. The Morgan fingerprint density at radius 1 is 1.36 bits per heavy atom. The van der Waals surface area contributed by atoms with Crippen LogP contribution in [-0.2, 0) is 19.5 Å². The second kappa shape index (κ2) is 11.8. The molecule has 0 aromatic rings. The van der Waals surface area contributed by atoms with Crippen molar-refractivity contribution in [2.24, 2.45) is 5.92 Å². The molecule has 1 fully saturated rings. The number of nitrogens with zero attached hydrogens (tertiary/aromatic N) is 2. The number of carbonyl (C=O) groups is 1. The molecule has 22 heavy (non-hydrogen) atoms. The van der Waals surface area contributed by atoms with E-state index in [9.17, 15) is 13.2 Å². The van der Waals surface area contributed by atoms with Crippen LogP contribution in [0.1, 0.15) is 42.4 Å². The first-order valence-corrected chi connectivity index (χ1v) is 9.46. The summed E-state index contributed by atoms with van der Waals surface area (Å²) in [6, 6.07) is 0. The Hall–Kier alpha value is -0.660. The molecule has 134 valence electrons. The van der Waals surface area contributed by atoms with Crippen LogP contribution in [0.15, 0.2) is 0 Å². The van der Waals surface area contributed by atoms with Gasteiger partial charge >= 0.3 is 0 Å². The van der Waals surface area contributed by atoms with E-state index in [0.717, 1.165) is 25.9 Å². The SMILES string of the molecule is CC.CCS(=O)(=O)CCN1CCC(C(=O)N(C)OC)CC1.[2H]C. The number of rotatable bonds is 6. The van der Waals surface area contributed by atoms with Crippen molar-refractivity contribution in [2.75, 3.05) is 45.3 Å². The zero-order valence-electron chi connectivity index (χ0n) is 16.0. The molecule has 1 rings (SSSR count). The molecule has 0 N–H and O–H groups in total. The summed E-state index contributed by atoms with van der Waals surface area (Å²) in [4.78, 5) is 18.9. The van der Waals surface area contributed by atoms with Crippen LogP contribution in [0.4, 0.5) is 0 Å². The fourth-order valence-electron chi connectivity index (χ4n) is 2.16. The van der Waals surface area contributed by atoms with Crippen LogP contribution < -0.4 is 0 Å². The molecule has 0 aliphatic carbocycles. The molecule has 1 heterocycles. The van der Waals surface area contributed by atoms with Crippen molar-refractivity contribution in [1.82, 2.24) is 9.96 Å². The van der Waals surface area contributed by atoms with Crippen molar-refractivity contribution in [3.8, 4) is 0 Å². The van der Waals surface area contributed by atoms with Gasteiger partial charge in [-0.1, -0.05) is 28.2 Å². The Kier molecular flexibility index (Phi) is 11.5. The van der Waals surface area contributed by atoms with Crippen molar-refractivity contribution < 1.29 is 19.4 Å². The second-order valence-electron chi connectivity index (χ2n) is 4.87. The predicted octanol–water partition coefficient (Wildman–Crippen LogP) is 1.82. The fourth-order valence-corrected chi connectivity index (χ4v) is 2.99. The van der Waals surface area contributed by atoms with Crippen molar-refractivity contribution in [1.29, 1.82) is 0 Å². The Morgan fingerprint density at radius 2 is 1.86 bits per heavy atom. The molecule has 1 saturated heterocycles. The van der Waals surface area contributed by atoms with Crippen LogP contribution in [0.5, 0.6) is 0 Å². The molecule has 0 radical (unpaired) electrons. The van der Waals surface area contributed by atoms with E-state index in [1.807, 2.05) is 13.8 Å². The number of hydrogen-bond acceptors (Lipinski definition) is 5. The van der Waals surface area contributed by atoms with E-state index in [4.69, 9.17) is 6.21 Å². The smallest absolute Gasteiger partial charge is 0.249 e. The highest BCUT2D eigenvalue weighted by Gasteiger charge is 2.27. The topological polar surface area (TPSA) is 66.9 Å². The number of likely N-dealkylation sites (tertiary alicyclic amines) is 1. The lowest BCUT2D eigenvalue weighted by Gasteiger charge is -2.32. The lowest BCUT2D eigenvalue weighted by atomic mass is 9.96. The minimum Gasteiger partial charge on any atom is -0.302 e. The van der Waals surface area contributed by atoms with Gasteiger partial charge < -0.3 is 4.90 Å².